The molecule has 20 heteroatoms. The van der Waals surface area contributed by atoms with Crippen LogP contribution in [-0.2, 0) is 48.0 Å². The summed E-state index contributed by atoms with van der Waals surface area (Å²) in [6.07, 6.45) is -0.559. The maximum absolute atomic E-state index is 14.7. The van der Waals surface area contributed by atoms with Gasteiger partial charge in [0.25, 0.3) is 5.91 Å². The molecule has 376 valence electrons. The maximum atomic E-state index is 14.7. The van der Waals surface area contributed by atoms with Crippen molar-refractivity contribution in [3.05, 3.63) is 70.8 Å². The number of carbonyl (C=O) groups is 5. The molecule has 0 radical (unpaired) electrons. The van der Waals surface area contributed by atoms with Gasteiger partial charge in [0.1, 0.15) is 24.7 Å². The summed E-state index contributed by atoms with van der Waals surface area (Å²) in [6, 6.07) is 5.22. The molecule has 6 bridgehead atoms. The number of likely N-dealkylation sites (N-methyl/N-ethyl adjacent to an activating group) is 1. The SMILES string of the molecule is C=CC(=O)N1CCC2(C1)CN(C(=O)N(C)[C@H](C(=O)N[C@H]1Cc3nc(cs3)-c3ccc4c(c3)c(c(-c3cccnc3[C@H](C)OC)n4CC(F)(F)F)CC(C)(C)COC(=O)C3CCCN(N3)C1=O)C(C)C)C2. The van der Waals surface area contributed by atoms with Gasteiger partial charge in [0.05, 0.1) is 34.8 Å². The van der Waals surface area contributed by atoms with Crippen LogP contribution in [0.1, 0.15) is 76.3 Å². The minimum absolute atomic E-state index is 0.0468. The number of methoxy groups -OCH3 is 1. The van der Waals surface area contributed by atoms with Gasteiger partial charge in [-0.05, 0) is 74.4 Å². The molecule has 16 nitrogen and oxygen atoms in total. The van der Waals surface area contributed by atoms with E-state index in [-0.39, 0.29) is 49.3 Å². The van der Waals surface area contributed by atoms with Gasteiger partial charge in [-0.2, -0.15) is 13.2 Å². The van der Waals surface area contributed by atoms with Crippen LogP contribution in [0, 0.1) is 16.7 Å². The number of amides is 5. The highest BCUT2D eigenvalue weighted by molar-refractivity contribution is 7.10. The number of fused-ring (bicyclic) bond motifs is 6. The van der Waals surface area contributed by atoms with Gasteiger partial charge in [-0.25, -0.2) is 15.2 Å². The van der Waals surface area contributed by atoms with Crippen LogP contribution in [0.5, 0.6) is 0 Å². The van der Waals surface area contributed by atoms with E-state index in [1.54, 1.807) is 54.2 Å². The number of cyclic esters (lactones) is 1. The van der Waals surface area contributed by atoms with Crippen molar-refractivity contribution in [2.45, 2.75) is 104 Å². The molecule has 1 spiro atoms. The highest BCUT2D eigenvalue weighted by Gasteiger charge is 2.51. The summed E-state index contributed by atoms with van der Waals surface area (Å²) in [5.74, 6) is -2.17. The normalized spacial score (nSPS) is 21.3. The number of aromatic nitrogens is 3. The first-order valence-electron chi connectivity index (χ1n) is 23.7. The van der Waals surface area contributed by atoms with Gasteiger partial charge in [0.15, 0.2) is 0 Å². The smallest absolute Gasteiger partial charge is 0.406 e. The Hall–Kier alpha value is -5.86. The number of likely N-dealkylation sites (tertiary alicyclic amines) is 2. The molecular weight excluding hydrogens is 928 g/mol. The van der Waals surface area contributed by atoms with Crippen molar-refractivity contribution >= 4 is 52.0 Å². The molecule has 4 aliphatic heterocycles. The molecule has 70 heavy (non-hydrogen) atoms. The Morgan fingerprint density at radius 3 is 2.56 bits per heavy atom. The fourth-order valence-corrected chi connectivity index (χ4v) is 11.4. The maximum Gasteiger partial charge on any atom is 0.406 e. The molecule has 4 aliphatic rings. The van der Waals surface area contributed by atoms with E-state index < -0.39 is 60.1 Å². The average Bonchev–Trinajstić information content (AvgIpc) is 4.05. The van der Waals surface area contributed by atoms with Gasteiger partial charge >= 0.3 is 18.2 Å². The van der Waals surface area contributed by atoms with Crippen LogP contribution >= 0.6 is 11.3 Å². The molecule has 3 fully saturated rings. The third-order valence-corrected chi connectivity index (χ3v) is 14.9. The van der Waals surface area contributed by atoms with Gasteiger partial charge in [0, 0.05) is 97.7 Å². The first-order chi connectivity index (χ1) is 33.1. The van der Waals surface area contributed by atoms with Gasteiger partial charge in [0.2, 0.25) is 11.8 Å². The minimum atomic E-state index is -4.59. The van der Waals surface area contributed by atoms with Crippen LogP contribution in [0.4, 0.5) is 18.0 Å². The number of ether oxygens (including phenoxy) is 2. The summed E-state index contributed by atoms with van der Waals surface area (Å²) in [7, 11) is 3.08. The average molecular weight is 990 g/mol. The molecule has 3 saturated heterocycles. The second-order valence-corrected chi connectivity index (χ2v) is 21.3. The number of halogens is 3. The predicted molar refractivity (Wildman–Crippen MR) is 257 cm³/mol. The number of alkyl halides is 3. The summed E-state index contributed by atoms with van der Waals surface area (Å²) < 4.78 is 56.9. The number of rotatable bonds is 9. The summed E-state index contributed by atoms with van der Waals surface area (Å²) in [4.78, 5) is 83.6. The third kappa shape index (κ3) is 10.3. The molecule has 4 atom stereocenters. The Labute approximate surface area is 409 Å². The van der Waals surface area contributed by atoms with E-state index in [4.69, 9.17) is 14.5 Å². The Balaban J connectivity index is 1.15. The predicted octanol–water partition coefficient (Wildman–Crippen LogP) is 6.54. The lowest BCUT2D eigenvalue weighted by Gasteiger charge is -2.49. The Morgan fingerprint density at radius 1 is 1.11 bits per heavy atom. The number of benzene rings is 1. The summed E-state index contributed by atoms with van der Waals surface area (Å²) >= 11 is 1.27. The highest BCUT2D eigenvalue weighted by atomic mass is 32.1. The largest absolute Gasteiger partial charge is 0.464 e. The zero-order chi connectivity index (χ0) is 50.4. The number of hydrazine groups is 1. The minimum Gasteiger partial charge on any atom is -0.464 e. The van der Waals surface area contributed by atoms with Crippen LogP contribution in [-0.4, -0.2) is 142 Å². The van der Waals surface area contributed by atoms with Gasteiger partial charge in [-0.15, -0.1) is 11.3 Å². The Kier molecular flexibility index (Phi) is 14.2. The van der Waals surface area contributed by atoms with Gasteiger partial charge < -0.3 is 34.1 Å². The van der Waals surface area contributed by atoms with E-state index >= 15 is 0 Å². The summed E-state index contributed by atoms with van der Waals surface area (Å²) in [5, 5.41) is 7.16. The molecule has 0 saturated carbocycles. The second-order valence-electron chi connectivity index (χ2n) is 20.4. The first kappa shape index (κ1) is 50.5. The number of pyridine rings is 1. The number of nitrogens with one attached hydrogen (secondary N) is 2. The number of thiazole rings is 1. The van der Waals surface area contributed by atoms with E-state index in [9.17, 15) is 37.1 Å². The monoisotopic (exact) mass is 989 g/mol. The van der Waals surface area contributed by atoms with Gasteiger partial charge in [-0.3, -0.25) is 29.2 Å². The number of esters is 1. The summed E-state index contributed by atoms with van der Waals surface area (Å²) in [6.45, 7) is 13.6. The third-order valence-electron chi connectivity index (χ3n) is 14.0. The van der Waals surface area contributed by atoms with Crippen LogP contribution in [0.3, 0.4) is 0 Å². The van der Waals surface area contributed by atoms with E-state index in [1.165, 1.54) is 39.0 Å². The van der Waals surface area contributed by atoms with Crippen molar-refractivity contribution in [2.75, 3.05) is 53.5 Å². The molecular formula is C50H62F3N9O7S. The van der Waals surface area contributed by atoms with E-state index in [0.717, 1.165) is 6.42 Å². The van der Waals surface area contributed by atoms with Crippen molar-refractivity contribution in [3.8, 4) is 22.5 Å². The molecule has 2 N–H and O–H groups in total. The van der Waals surface area contributed by atoms with Crippen molar-refractivity contribution in [1.29, 1.82) is 0 Å². The van der Waals surface area contributed by atoms with E-state index in [1.807, 2.05) is 39.1 Å². The molecule has 7 heterocycles. The van der Waals surface area contributed by atoms with Crippen LogP contribution in [0.2, 0.25) is 0 Å². The number of urea groups is 1. The topological polar surface area (TPSA) is 172 Å². The Bertz CT molecular complexity index is 2680. The zero-order valence-corrected chi connectivity index (χ0v) is 41.5. The Morgan fingerprint density at radius 2 is 1.86 bits per heavy atom. The number of nitrogens with zero attached hydrogens (tertiary/aromatic N) is 7. The lowest BCUT2D eigenvalue weighted by Crippen LogP contribution is -2.65. The lowest BCUT2D eigenvalue weighted by molar-refractivity contribution is -0.155. The molecule has 3 aromatic heterocycles. The fourth-order valence-electron chi connectivity index (χ4n) is 10.5. The van der Waals surface area contributed by atoms with E-state index in [0.29, 0.717) is 88.7 Å². The van der Waals surface area contributed by atoms with Crippen LogP contribution < -0.4 is 10.7 Å². The number of carbonyl (C=O) groups excluding carboxylic acids is 5. The quantitative estimate of drug-likeness (QED) is 0.139. The van der Waals surface area contributed by atoms with Crippen molar-refractivity contribution in [1.82, 2.24) is 45.0 Å². The van der Waals surface area contributed by atoms with Crippen molar-refractivity contribution < 1.29 is 46.6 Å². The molecule has 5 amide bonds. The zero-order valence-electron chi connectivity index (χ0n) is 40.7. The van der Waals surface area contributed by atoms with Gasteiger partial charge in [-0.1, -0.05) is 40.3 Å². The molecule has 1 unspecified atom stereocenters. The van der Waals surface area contributed by atoms with Crippen LogP contribution in [0.25, 0.3) is 33.4 Å². The fraction of sp³-hybridized carbons (Fsp3) is 0.540. The molecule has 0 aliphatic carbocycles. The lowest BCUT2D eigenvalue weighted by atomic mass is 9.79. The highest BCUT2D eigenvalue weighted by Crippen LogP contribution is 2.44. The second kappa shape index (κ2) is 19.7. The van der Waals surface area contributed by atoms with Crippen molar-refractivity contribution in [2.24, 2.45) is 16.7 Å². The molecule has 1 aromatic carbocycles. The number of hydrogen-bond acceptors (Lipinski definition) is 11. The molecule has 4 aromatic rings. The summed E-state index contributed by atoms with van der Waals surface area (Å²) in [5.41, 5.74) is 5.39. The van der Waals surface area contributed by atoms with Crippen LogP contribution in [0.15, 0.2) is 54.6 Å². The molecule has 8 rings (SSSR count). The van der Waals surface area contributed by atoms with E-state index in [2.05, 4.69) is 22.3 Å². The standard InChI is InChI=1S/C50H62F3N9O7S/c1-9-40(63)59-19-16-49(24-59)25-60(26-49)47(67)58(7)42(29(2)3)44(64)56-36-21-39-55-37(23-70-39)31-14-15-38-33(20-31)34(22-48(5,6)28-69-46(66)35-13-11-18-62(57-35)45(36)65)43(61(38)27-50(51,52)53)32-12-10-17-54-41(32)30(4)68-8/h9-10,12,14-15,17,20,23,29-30,35-36,42,57H,1,11,13,16,18-19,21-22,24-28H2,2-8H3,(H,56,64)/t30-,35?,36-,42-/m0/s1. The number of hydrogen-bond donors (Lipinski definition) is 2. The van der Waals surface area contributed by atoms with Crippen molar-refractivity contribution in [3.63, 3.8) is 0 Å². The first-order valence-corrected chi connectivity index (χ1v) is 24.6.